The Balaban J connectivity index is 2.10. The topological polar surface area (TPSA) is 110 Å². The minimum absolute atomic E-state index is 0.214. The zero-order valence-electron chi connectivity index (χ0n) is 19.9. The molecule has 0 saturated carbocycles. The van der Waals surface area contributed by atoms with Crippen LogP contribution in [0.25, 0.3) is 11.1 Å². The van der Waals surface area contributed by atoms with Gasteiger partial charge in [-0.1, -0.05) is 51.1 Å². The number of oxazole rings is 1. The number of hydrogen-bond acceptors (Lipinski definition) is 6. The molecule has 3 aromatic rings. The fourth-order valence-electron chi connectivity index (χ4n) is 4.00. The lowest BCUT2D eigenvalue weighted by Crippen LogP contribution is -2.51. The number of benzene rings is 2. The maximum atomic E-state index is 14.1. The minimum Gasteiger partial charge on any atom is -0.434 e. The van der Waals surface area contributed by atoms with Crippen molar-refractivity contribution in [1.82, 2.24) is 10.3 Å². The molecule has 1 heterocycles. The summed E-state index contributed by atoms with van der Waals surface area (Å²) in [5.74, 6) is -1.18. The number of fused-ring (bicyclic) bond motifs is 1. The summed E-state index contributed by atoms with van der Waals surface area (Å²) in [5, 5.41) is 1.22. The van der Waals surface area contributed by atoms with Gasteiger partial charge in [-0.15, -0.1) is 0 Å². The zero-order valence-corrected chi connectivity index (χ0v) is 20.8. The van der Waals surface area contributed by atoms with E-state index in [1.54, 1.807) is 68.4 Å². The highest BCUT2D eigenvalue weighted by Gasteiger charge is 2.49. The number of carbonyl (C=O) groups is 2. The zero-order chi connectivity index (χ0) is 24.9. The van der Waals surface area contributed by atoms with Crippen molar-refractivity contribution in [3.8, 4) is 0 Å². The molecule has 2 aromatic carbocycles. The second-order valence-corrected chi connectivity index (χ2v) is 10.8. The molecule has 0 aliphatic rings. The molecule has 34 heavy (non-hydrogen) atoms. The van der Waals surface area contributed by atoms with E-state index in [1.165, 1.54) is 11.2 Å². The van der Waals surface area contributed by atoms with Gasteiger partial charge in [-0.3, -0.25) is 13.9 Å². The Morgan fingerprint density at radius 2 is 1.74 bits per heavy atom. The number of ketones is 1. The average molecular weight is 486 g/mol. The molecule has 1 N–H and O–H groups in total. The number of para-hydroxylation sites is 3. The molecular weight excluding hydrogens is 454 g/mol. The van der Waals surface area contributed by atoms with Crippen molar-refractivity contribution >= 4 is 38.5 Å². The highest BCUT2D eigenvalue weighted by atomic mass is 32.2. The summed E-state index contributed by atoms with van der Waals surface area (Å²) in [7, 11) is -4.20. The van der Waals surface area contributed by atoms with Gasteiger partial charge in [-0.05, 0) is 42.5 Å². The Morgan fingerprint density at radius 1 is 1.09 bits per heavy atom. The SMILES string of the molecule is CCCN(c1ccccc1)S(=O)(=O)C(C(=O)c1nc2ccccc2o1)C(C)(C)CCNC(C)=O. The molecule has 182 valence electrons. The number of rotatable bonds is 11. The first-order chi connectivity index (χ1) is 16.1. The minimum atomic E-state index is -4.20. The molecule has 3 rings (SSSR count). The number of Topliss-reactive ketones (excluding diaryl/α,β-unsaturated/α-hetero) is 1. The van der Waals surface area contributed by atoms with E-state index in [0.29, 0.717) is 23.2 Å². The Bertz CT molecular complexity index is 1220. The van der Waals surface area contributed by atoms with Crippen molar-refractivity contribution in [3.05, 3.63) is 60.5 Å². The third-order valence-electron chi connectivity index (χ3n) is 5.67. The third kappa shape index (κ3) is 5.47. The lowest BCUT2D eigenvalue weighted by Gasteiger charge is -2.36. The standard InChI is InChI=1S/C25H31N3O5S/c1-5-17-28(19-11-7-6-8-12-19)34(31,32)23(25(3,4)15-16-26-18(2)29)22(30)24-27-20-13-9-10-14-21(20)33-24/h6-14,23H,5,15-17H2,1-4H3,(H,26,29). The number of nitrogens with one attached hydrogen (secondary N) is 1. The van der Waals surface area contributed by atoms with Gasteiger partial charge in [0.15, 0.2) is 10.8 Å². The second kappa shape index (κ2) is 10.4. The van der Waals surface area contributed by atoms with Crippen molar-refractivity contribution in [2.24, 2.45) is 5.41 Å². The van der Waals surface area contributed by atoms with E-state index < -0.39 is 26.5 Å². The van der Waals surface area contributed by atoms with Gasteiger partial charge in [0.1, 0.15) is 5.52 Å². The number of hydrogen-bond donors (Lipinski definition) is 1. The van der Waals surface area contributed by atoms with Gasteiger partial charge in [-0.25, -0.2) is 13.4 Å². The molecule has 0 saturated heterocycles. The number of carbonyl (C=O) groups excluding carboxylic acids is 2. The van der Waals surface area contributed by atoms with E-state index in [0.717, 1.165) is 0 Å². The van der Waals surface area contributed by atoms with Crippen LogP contribution in [0.4, 0.5) is 5.69 Å². The second-order valence-electron chi connectivity index (χ2n) is 8.91. The molecular formula is C25H31N3O5S. The molecule has 0 spiro atoms. The van der Waals surface area contributed by atoms with Crippen molar-refractivity contribution in [2.45, 2.75) is 45.8 Å². The quantitative estimate of drug-likeness (QED) is 0.408. The molecule has 0 aliphatic heterocycles. The maximum Gasteiger partial charge on any atom is 0.265 e. The number of sulfonamides is 1. The number of aromatic nitrogens is 1. The van der Waals surface area contributed by atoms with Crippen LogP contribution in [0.5, 0.6) is 0 Å². The highest BCUT2D eigenvalue weighted by molar-refractivity contribution is 7.94. The van der Waals surface area contributed by atoms with Crippen LogP contribution < -0.4 is 9.62 Å². The maximum absolute atomic E-state index is 14.1. The fraction of sp³-hybridized carbons (Fsp3) is 0.400. The number of anilines is 1. The molecule has 1 amide bonds. The molecule has 1 aromatic heterocycles. The smallest absolute Gasteiger partial charge is 0.265 e. The molecule has 1 atom stereocenters. The first-order valence-electron chi connectivity index (χ1n) is 11.3. The van der Waals surface area contributed by atoms with Crippen LogP contribution in [0, 0.1) is 5.41 Å². The van der Waals surface area contributed by atoms with Gasteiger partial charge in [0.25, 0.3) is 5.89 Å². The van der Waals surface area contributed by atoms with E-state index in [1.807, 2.05) is 6.92 Å². The Hall–Kier alpha value is -3.20. The van der Waals surface area contributed by atoms with Crippen LogP contribution in [0.1, 0.15) is 51.2 Å². The average Bonchev–Trinajstić information content (AvgIpc) is 3.21. The van der Waals surface area contributed by atoms with Crippen LogP contribution in [0.2, 0.25) is 0 Å². The molecule has 9 heteroatoms. The van der Waals surface area contributed by atoms with Crippen molar-refractivity contribution in [2.75, 3.05) is 17.4 Å². The van der Waals surface area contributed by atoms with Crippen LogP contribution in [-0.4, -0.2) is 43.4 Å². The van der Waals surface area contributed by atoms with E-state index >= 15 is 0 Å². The van der Waals surface area contributed by atoms with E-state index in [9.17, 15) is 18.0 Å². The van der Waals surface area contributed by atoms with Crippen molar-refractivity contribution < 1.29 is 22.4 Å². The molecule has 0 fully saturated rings. The predicted molar refractivity (Wildman–Crippen MR) is 132 cm³/mol. The first kappa shape index (κ1) is 25.4. The van der Waals surface area contributed by atoms with E-state index in [4.69, 9.17) is 4.42 Å². The molecule has 0 radical (unpaired) electrons. The van der Waals surface area contributed by atoms with Crippen molar-refractivity contribution in [1.29, 1.82) is 0 Å². The number of nitrogens with zero attached hydrogens (tertiary/aromatic N) is 2. The molecule has 0 bridgehead atoms. The van der Waals surface area contributed by atoms with Gasteiger partial charge in [0.05, 0.1) is 5.69 Å². The Labute approximate surface area is 200 Å². The van der Waals surface area contributed by atoms with Gasteiger partial charge in [-0.2, -0.15) is 0 Å². The summed E-state index contributed by atoms with van der Waals surface area (Å²) in [4.78, 5) is 29.5. The summed E-state index contributed by atoms with van der Waals surface area (Å²) >= 11 is 0. The third-order valence-corrected chi connectivity index (χ3v) is 8.13. The largest absolute Gasteiger partial charge is 0.434 e. The predicted octanol–water partition coefficient (Wildman–Crippen LogP) is 4.18. The summed E-state index contributed by atoms with van der Waals surface area (Å²) in [6.45, 7) is 7.15. The van der Waals surface area contributed by atoms with Crippen LogP contribution in [0.3, 0.4) is 0 Å². The number of amides is 1. The van der Waals surface area contributed by atoms with Gasteiger partial charge in [0.2, 0.25) is 21.7 Å². The van der Waals surface area contributed by atoms with E-state index in [-0.39, 0.29) is 31.3 Å². The first-order valence-corrected chi connectivity index (χ1v) is 12.8. The van der Waals surface area contributed by atoms with E-state index in [2.05, 4.69) is 10.3 Å². The summed E-state index contributed by atoms with van der Waals surface area (Å²) < 4.78 is 35.3. The lowest BCUT2D eigenvalue weighted by molar-refractivity contribution is -0.119. The fourth-order valence-corrected chi connectivity index (χ4v) is 6.41. The van der Waals surface area contributed by atoms with Gasteiger partial charge < -0.3 is 9.73 Å². The summed E-state index contributed by atoms with van der Waals surface area (Å²) in [5.41, 5.74) is 0.329. The summed E-state index contributed by atoms with van der Waals surface area (Å²) in [6, 6.07) is 15.6. The molecule has 1 unspecified atom stereocenters. The van der Waals surface area contributed by atoms with Gasteiger partial charge in [0, 0.05) is 20.0 Å². The Kier molecular flexibility index (Phi) is 7.76. The molecule has 8 nitrogen and oxygen atoms in total. The van der Waals surface area contributed by atoms with Crippen LogP contribution in [-0.2, 0) is 14.8 Å². The highest BCUT2D eigenvalue weighted by Crippen LogP contribution is 2.36. The van der Waals surface area contributed by atoms with Crippen molar-refractivity contribution in [3.63, 3.8) is 0 Å². The van der Waals surface area contributed by atoms with Crippen LogP contribution >= 0.6 is 0 Å². The summed E-state index contributed by atoms with van der Waals surface area (Å²) in [6.07, 6.45) is 0.821. The van der Waals surface area contributed by atoms with Crippen LogP contribution in [0.15, 0.2) is 59.0 Å². The monoisotopic (exact) mass is 485 g/mol. The Morgan fingerprint density at radius 3 is 2.35 bits per heavy atom. The lowest BCUT2D eigenvalue weighted by atomic mass is 9.83. The normalized spacial score (nSPS) is 12.9. The van der Waals surface area contributed by atoms with Gasteiger partial charge >= 0.3 is 0 Å². The molecule has 0 aliphatic carbocycles.